The highest BCUT2D eigenvalue weighted by Crippen LogP contribution is 2.25. The summed E-state index contributed by atoms with van der Waals surface area (Å²) in [7, 11) is 0. The molecule has 120 valence electrons. The number of rotatable bonds is 6. The third kappa shape index (κ3) is 3.85. The quantitative estimate of drug-likeness (QED) is 0.778. The van der Waals surface area contributed by atoms with Crippen molar-refractivity contribution in [1.82, 2.24) is 10.2 Å². The fourth-order valence-corrected chi connectivity index (χ4v) is 3.34. The molecule has 0 aromatic carbocycles. The molecule has 7 heteroatoms. The maximum atomic E-state index is 12.1. The van der Waals surface area contributed by atoms with Gasteiger partial charge < -0.3 is 15.3 Å². The Balaban J connectivity index is 1.70. The molecule has 2 amide bonds. The molecule has 1 aromatic rings. The van der Waals surface area contributed by atoms with Crippen molar-refractivity contribution in [3.63, 3.8) is 0 Å². The predicted molar refractivity (Wildman–Crippen MR) is 82.8 cm³/mol. The van der Waals surface area contributed by atoms with Crippen LogP contribution in [0.15, 0.2) is 16.8 Å². The van der Waals surface area contributed by atoms with Crippen LogP contribution >= 0.6 is 11.3 Å². The number of aliphatic carboxylic acids is 1. The lowest BCUT2D eigenvalue weighted by atomic mass is 10.0. The lowest BCUT2D eigenvalue weighted by molar-refractivity contribution is -0.143. The second kappa shape index (κ2) is 7.40. The summed E-state index contributed by atoms with van der Waals surface area (Å²) in [6.07, 6.45) is 1.38. The lowest BCUT2D eigenvalue weighted by Gasteiger charge is -2.23. The van der Waals surface area contributed by atoms with Crippen LogP contribution in [0.4, 0.5) is 0 Å². The van der Waals surface area contributed by atoms with Crippen LogP contribution in [0.2, 0.25) is 0 Å². The summed E-state index contributed by atoms with van der Waals surface area (Å²) in [6.45, 7) is 2.71. The fraction of sp³-hybridized carbons (Fsp3) is 0.533. The van der Waals surface area contributed by atoms with E-state index in [9.17, 15) is 14.4 Å². The van der Waals surface area contributed by atoms with Crippen molar-refractivity contribution < 1.29 is 19.5 Å². The molecule has 6 nitrogen and oxygen atoms in total. The van der Waals surface area contributed by atoms with Gasteiger partial charge in [-0.1, -0.05) is 0 Å². The standard InChI is InChI=1S/C15H20N2O4S/c1-10-12(15(20)21)4-7-17(10)13(18)3-2-6-16-14(19)11-5-8-22-9-11/h5,8-10,12H,2-4,6-7H2,1H3,(H,16,19)(H,20,21). The monoisotopic (exact) mass is 324 g/mol. The molecule has 0 bridgehead atoms. The predicted octanol–water partition coefficient (Wildman–Crippen LogP) is 1.58. The van der Waals surface area contributed by atoms with Gasteiger partial charge in [-0.05, 0) is 31.2 Å². The first-order chi connectivity index (χ1) is 10.5. The van der Waals surface area contributed by atoms with Crippen molar-refractivity contribution in [3.05, 3.63) is 22.4 Å². The molecule has 2 N–H and O–H groups in total. The van der Waals surface area contributed by atoms with Crippen molar-refractivity contribution in [2.45, 2.75) is 32.2 Å². The molecule has 0 radical (unpaired) electrons. The van der Waals surface area contributed by atoms with Crippen molar-refractivity contribution in [3.8, 4) is 0 Å². The third-order valence-corrected chi connectivity index (χ3v) is 4.71. The van der Waals surface area contributed by atoms with Gasteiger partial charge in [0, 0.05) is 36.5 Å². The molecule has 2 unspecified atom stereocenters. The molecule has 1 fully saturated rings. The fourth-order valence-electron chi connectivity index (χ4n) is 2.70. The van der Waals surface area contributed by atoms with E-state index in [0.29, 0.717) is 37.9 Å². The molecule has 1 aromatic heterocycles. The molecule has 1 aliphatic heterocycles. The summed E-state index contributed by atoms with van der Waals surface area (Å²) in [5.41, 5.74) is 0.633. The number of hydrogen-bond acceptors (Lipinski definition) is 4. The molecular formula is C15H20N2O4S. The molecule has 22 heavy (non-hydrogen) atoms. The number of likely N-dealkylation sites (tertiary alicyclic amines) is 1. The number of hydrogen-bond donors (Lipinski definition) is 2. The highest BCUT2D eigenvalue weighted by molar-refractivity contribution is 7.08. The minimum absolute atomic E-state index is 0.0407. The average molecular weight is 324 g/mol. The van der Waals surface area contributed by atoms with Gasteiger partial charge in [0.25, 0.3) is 5.91 Å². The van der Waals surface area contributed by atoms with E-state index in [4.69, 9.17) is 5.11 Å². The summed E-state index contributed by atoms with van der Waals surface area (Å²) in [4.78, 5) is 36.5. The molecule has 0 aliphatic carbocycles. The minimum atomic E-state index is -0.842. The molecule has 1 aliphatic rings. The van der Waals surface area contributed by atoms with Crippen LogP contribution in [0.5, 0.6) is 0 Å². The van der Waals surface area contributed by atoms with E-state index >= 15 is 0 Å². The number of nitrogens with zero attached hydrogens (tertiary/aromatic N) is 1. The van der Waals surface area contributed by atoms with Crippen LogP contribution in [0.25, 0.3) is 0 Å². The zero-order chi connectivity index (χ0) is 16.1. The van der Waals surface area contributed by atoms with Gasteiger partial charge in [0.1, 0.15) is 0 Å². The molecule has 2 atom stereocenters. The Labute approximate surface area is 133 Å². The normalized spacial score (nSPS) is 20.9. The van der Waals surface area contributed by atoms with Gasteiger partial charge >= 0.3 is 5.97 Å². The molecule has 1 saturated heterocycles. The first kappa shape index (κ1) is 16.5. The summed E-state index contributed by atoms with van der Waals surface area (Å²) in [5, 5.41) is 15.5. The van der Waals surface area contributed by atoms with Crippen molar-refractivity contribution in [1.29, 1.82) is 0 Å². The van der Waals surface area contributed by atoms with E-state index < -0.39 is 11.9 Å². The van der Waals surface area contributed by atoms with Crippen molar-refractivity contribution >= 4 is 29.1 Å². The number of carboxylic acids is 1. The van der Waals surface area contributed by atoms with Crippen LogP contribution in [-0.4, -0.2) is 46.9 Å². The average Bonchev–Trinajstić information content (AvgIpc) is 3.12. The number of thiophene rings is 1. The van der Waals surface area contributed by atoms with Gasteiger partial charge in [-0.2, -0.15) is 11.3 Å². The second-order valence-electron chi connectivity index (χ2n) is 5.43. The van der Waals surface area contributed by atoms with E-state index in [1.54, 1.807) is 23.3 Å². The van der Waals surface area contributed by atoms with Gasteiger partial charge in [-0.3, -0.25) is 14.4 Å². The van der Waals surface area contributed by atoms with Crippen LogP contribution in [0, 0.1) is 5.92 Å². The largest absolute Gasteiger partial charge is 0.481 e. The van der Waals surface area contributed by atoms with Crippen LogP contribution in [0.3, 0.4) is 0 Å². The van der Waals surface area contributed by atoms with Crippen LogP contribution in [-0.2, 0) is 9.59 Å². The van der Waals surface area contributed by atoms with E-state index in [0.717, 1.165) is 0 Å². The SMILES string of the molecule is CC1C(C(=O)O)CCN1C(=O)CCCNC(=O)c1ccsc1. The van der Waals surface area contributed by atoms with Gasteiger partial charge in [0.15, 0.2) is 0 Å². The zero-order valence-corrected chi connectivity index (χ0v) is 13.3. The Morgan fingerprint density at radius 2 is 2.23 bits per heavy atom. The van der Waals surface area contributed by atoms with Gasteiger partial charge in [0.05, 0.1) is 5.92 Å². The highest BCUT2D eigenvalue weighted by Gasteiger charge is 2.37. The maximum Gasteiger partial charge on any atom is 0.308 e. The first-order valence-corrected chi connectivity index (χ1v) is 8.27. The molecule has 0 saturated carbocycles. The number of carbonyl (C=O) groups is 3. The first-order valence-electron chi connectivity index (χ1n) is 7.33. The van der Waals surface area contributed by atoms with E-state index in [1.807, 2.05) is 5.38 Å². The minimum Gasteiger partial charge on any atom is -0.481 e. The molecular weight excluding hydrogens is 304 g/mol. The van der Waals surface area contributed by atoms with E-state index in [2.05, 4.69) is 5.32 Å². The van der Waals surface area contributed by atoms with Gasteiger partial charge in [0.2, 0.25) is 5.91 Å². The number of amides is 2. The summed E-state index contributed by atoms with van der Waals surface area (Å²) in [5.74, 6) is -1.48. The van der Waals surface area contributed by atoms with E-state index in [-0.39, 0.29) is 17.9 Å². The molecule has 2 rings (SSSR count). The Hall–Kier alpha value is -1.89. The van der Waals surface area contributed by atoms with E-state index in [1.165, 1.54) is 11.3 Å². The van der Waals surface area contributed by atoms with Crippen molar-refractivity contribution in [2.24, 2.45) is 5.92 Å². The molecule has 2 heterocycles. The topological polar surface area (TPSA) is 86.7 Å². The van der Waals surface area contributed by atoms with Crippen molar-refractivity contribution in [2.75, 3.05) is 13.1 Å². The number of carbonyl (C=O) groups excluding carboxylic acids is 2. The molecule has 0 spiro atoms. The summed E-state index contributed by atoms with van der Waals surface area (Å²) < 4.78 is 0. The van der Waals surface area contributed by atoms with Gasteiger partial charge in [-0.15, -0.1) is 0 Å². The van der Waals surface area contributed by atoms with Crippen LogP contribution in [0.1, 0.15) is 36.5 Å². The third-order valence-electron chi connectivity index (χ3n) is 4.03. The smallest absolute Gasteiger partial charge is 0.308 e. The zero-order valence-electron chi connectivity index (χ0n) is 12.4. The lowest BCUT2D eigenvalue weighted by Crippen LogP contribution is -2.38. The number of nitrogens with one attached hydrogen (secondary N) is 1. The summed E-state index contributed by atoms with van der Waals surface area (Å²) >= 11 is 1.46. The number of carboxylic acid groups (broad SMARTS) is 1. The summed E-state index contributed by atoms with van der Waals surface area (Å²) in [6, 6.07) is 1.49. The second-order valence-corrected chi connectivity index (χ2v) is 6.21. The van der Waals surface area contributed by atoms with Crippen LogP contribution < -0.4 is 5.32 Å². The Morgan fingerprint density at radius 1 is 1.45 bits per heavy atom. The van der Waals surface area contributed by atoms with Gasteiger partial charge in [-0.25, -0.2) is 0 Å². The Bertz CT molecular complexity index is 544. The Morgan fingerprint density at radius 3 is 2.82 bits per heavy atom. The Kier molecular flexibility index (Phi) is 5.54. The maximum absolute atomic E-state index is 12.1. The highest BCUT2D eigenvalue weighted by atomic mass is 32.1.